The van der Waals surface area contributed by atoms with E-state index in [1.54, 1.807) is 18.6 Å². The first kappa shape index (κ1) is 17.9. The lowest BCUT2D eigenvalue weighted by Crippen LogP contribution is -2.57. The molecular weight excluding hydrogens is 346 g/mol. The zero-order valence-corrected chi connectivity index (χ0v) is 15.2. The molecule has 2 saturated heterocycles. The molecule has 4 N–H and O–H groups in total. The number of hydrazine groups is 1. The molecule has 0 saturated carbocycles. The first-order chi connectivity index (χ1) is 13.1. The number of aryl methyl sites for hydroxylation is 1. The third-order valence-corrected chi connectivity index (χ3v) is 5.34. The van der Waals surface area contributed by atoms with Crippen molar-refractivity contribution in [2.24, 2.45) is 7.05 Å². The third kappa shape index (κ3) is 3.80. The Morgan fingerprint density at radius 2 is 2.26 bits per heavy atom. The summed E-state index contributed by atoms with van der Waals surface area (Å²) in [6.45, 7) is 1.13. The van der Waals surface area contributed by atoms with Crippen LogP contribution in [0.1, 0.15) is 24.6 Å². The van der Waals surface area contributed by atoms with Crippen molar-refractivity contribution in [2.45, 2.75) is 37.1 Å². The average molecular weight is 371 g/mol. The van der Waals surface area contributed by atoms with Crippen molar-refractivity contribution in [3.63, 3.8) is 0 Å². The first-order valence-electron chi connectivity index (χ1n) is 9.23. The number of anilines is 1. The van der Waals surface area contributed by atoms with Crippen molar-refractivity contribution in [3.8, 4) is 0 Å². The van der Waals surface area contributed by atoms with Gasteiger partial charge in [0.2, 0.25) is 5.91 Å². The monoisotopic (exact) mass is 371 g/mol. The van der Waals surface area contributed by atoms with Crippen LogP contribution >= 0.6 is 0 Å². The quantitative estimate of drug-likeness (QED) is 0.573. The van der Waals surface area contributed by atoms with E-state index in [9.17, 15) is 9.90 Å². The normalized spacial score (nSPS) is 28.3. The lowest BCUT2D eigenvalue weighted by molar-refractivity contribution is -0.124. The molecule has 0 aromatic carbocycles. The smallest absolute Gasteiger partial charge is 0.238 e. The van der Waals surface area contributed by atoms with Gasteiger partial charge in [-0.15, -0.1) is 0 Å². The summed E-state index contributed by atoms with van der Waals surface area (Å²) < 4.78 is 2.05. The van der Waals surface area contributed by atoms with Gasteiger partial charge in [0, 0.05) is 44.4 Å². The van der Waals surface area contributed by atoms with Gasteiger partial charge >= 0.3 is 0 Å². The van der Waals surface area contributed by atoms with Crippen LogP contribution in [0.2, 0.25) is 0 Å². The molecule has 4 heterocycles. The zero-order chi connectivity index (χ0) is 18.8. The van der Waals surface area contributed by atoms with Crippen LogP contribution in [0.3, 0.4) is 0 Å². The van der Waals surface area contributed by atoms with Gasteiger partial charge in [0.15, 0.2) is 0 Å². The molecule has 27 heavy (non-hydrogen) atoms. The van der Waals surface area contributed by atoms with E-state index in [1.807, 2.05) is 34.8 Å². The standard InChI is InChI=1S/C18H25N7O2/c1-24-7-2-3-15(24)13-9-14(23-22-13)18(27)21-12-4-8-25(11-16(12)26)17-10-19-5-6-20-17/h2-3,5-7,10,12-14,16,22-23,26H,4,8-9,11H2,1H3,(H,21,27)/t12-,13?,14?,16-/m1/s1. The van der Waals surface area contributed by atoms with Gasteiger partial charge in [-0.05, 0) is 25.0 Å². The number of aliphatic hydroxyl groups is 1. The first-order valence-corrected chi connectivity index (χ1v) is 9.23. The minimum atomic E-state index is -0.650. The molecule has 0 spiro atoms. The molecule has 1 amide bonds. The maximum absolute atomic E-state index is 12.6. The molecule has 0 aliphatic carbocycles. The van der Waals surface area contributed by atoms with E-state index in [4.69, 9.17) is 0 Å². The topological polar surface area (TPSA) is 107 Å². The third-order valence-electron chi connectivity index (χ3n) is 5.34. The number of aliphatic hydroxyl groups excluding tert-OH is 1. The molecule has 2 aromatic heterocycles. The van der Waals surface area contributed by atoms with Crippen LogP contribution in [0.15, 0.2) is 36.9 Å². The van der Waals surface area contributed by atoms with Crippen molar-refractivity contribution in [2.75, 3.05) is 18.0 Å². The molecule has 2 aromatic rings. The summed E-state index contributed by atoms with van der Waals surface area (Å²) in [4.78, 5) is 23.0. The van der Waals surface area contributed by atoms with Crippen molar-refractivity contribution < 1.29 is 9.90 Å². The summed E-state index contributed by atoms with van der Waals surface area (Å²) in [5, 5.41) is 13.5. The molecule has 2 fully saturated rings. The fourth-order valence-electron chi connectivity index (χ4n) is 3.80. The minimum Gasteiger partial charge on any atom is -0.389 e. The molecule has 2 unspecified atom stereocenters. The predicted molar refractivity (Wildman–Crippen MR) is 99.6 cm³/mol. The molecule has 0 radical (unpaired) electrons. The number of aromatic nitrogens is 3. The maximum Gasteiger partial charge on any atom is 0.238 e. The second-order valence-electron chi connectivity index (χ2n) is 7.15. The van der Waals surface area contributed by atoms with Crippen molar-refractivity contribution >= 4 is 11.7 Å². The Morgan fingerprint density at radius 1 is 1.37 bits per heavy atom. The number of amides is 1. The molecule has 9 heteroatoms. The summed E-state index contributed by atoms with van der Waals surface area (Å²) in [5.74, 6) is 0.657. The highest BCUT2D eigenvalue weighted by Gasteiger charge is 2.35. The Bertz CT molecular complexity index is 781. The molecule has 0 bridgehead atoms. The van der Waals surface area contributed by atoms with E-state index in [0.717, 1.165) is 11.5 Å². The average Bonchev–Trinajstić information content (AvgIpc) is 3.33. The summed E-state index contributed by atoms with van der Waals surface area (Å²) >= 11 is 0. The van der Waals surface area contributed by atoms with E-state index in [2.05, 4.69) is 26.1 Å². The maximum atomic E-state index is 12.6. The minimum absolute atomic E-state index is 0.0868. The Hall–Kier alpha value is -2.49. The van der Waals surface area contributed by atoms with Crippen LogP contribution in [-0.2, 0) is 11.8 Å². The van der Waals surface area contributed by atoms with E-state index < -0.39 is 6.10 Å². The van der Waals surface area contributed by atoms with Gasteiger partial charge in [0.25, 0.3) is 0 Å². The highest BCUT2D eigenvalue weighted by Crippen LogP contribution is 2.23. The van der Waals surface area contributed by atoms with E-state index >= 15 is 0 Å². The van der Waals surface area contributed by atoms with Crippen LogP contribution in [0, 0.1) is 0 Å². The number of piperidine rings is 1. The van der Waals surface area contributed by atoms with E-state index in [-0.39, 0.29) is 24.0 Å². The highest BCUT2D eigenvalue weighted by molar-refractivity contribution is 5.82. The molecule has 2 aliphatic rings. The number of carbonyl (C=O) groups is 1. The van der Waals surface area contributed by atoms with Crippen LogP contribution in [-0.4, -0.2) is 56.8 Å². The fraction of sp³-hybridized carbons (Fsp3) is 0.500. The number of hydrogen-bond acceptors (Lipinski definition) is 7. The molecule has 2 aliphatic heterocycles. The number of nitrogens with zero attached hydrogens (tertiary/aromatic N) is 4. The molecule has 4 atom stereocenters. The second kappa shape index (κ2) is 7.63. The van der Waals surface area contributed by atoms with Crippen LogP contribution in [0.5, 0.6) is 0 Å². The van der Waals surface area contributed by atoms with Gasteiger partial charge in [0.1, 0.15) is 11.9 Å². The van der Waals surface area contributed by atoms with Gasteiger partial charge in [-0.1, -0.05) is 0 Å². The number of rotatable bonds is 4. The number of carbonyl (C=O) groups excluding carboxylic acids is 1. The SMILES string of the molecule is Cn1cccc1C1CC(C(=O)N[C@@H]2CCN(c3cnccn3)C[C@H]2O)NN1. The van der Waals surface area contributed by atoms with Crippen LogP contribution in [0.4, 0.5) is 5.82 Å². The lowest BCUT2D eigenvalue weighted by atomic mass is 10.0. The number of nitrogens with one attached hydrogen (secondary N) is 3. The Labute approximate surface area is 157 Å². The second-order valence-corrected chi connectivity index (χ2v) is 7.15. The largest absolute Gasteiger partial charge is 0.389 e. The molecule has 144 valence electrons. The van der Waals surface area contributed by atoms with E-state index in [1.165, 1.54) is 0 Å². The molecule has 4 rings (SSSR count). The predicted octanol–water partition coefficient (Wildman–Crippen LogP) is -0.521. The van der Waals surface area contributed by atoms with Crippen LogP contribution < -0.4 is 21.1 Å². The Morgan fingerprint density at radius 3 is 2.96 bits per heavy atom. The summed E-state index contributed by atoms with van der Waals surface area (Å²) in [6, 6.07) is 3.54. The molecule has 9 nitrogen and oxygen atoms in total. The van der Waals surface area contributed by atoms with Gasteiger partial charge in [-0.3, -0.25) is 9.78 Å². The lowest BCUT2D eigenvalue weighted by Gasteiger charge is -2.37. The number of β-amino-alcohol motifs (C(OH)–C–C–N with tert-alkyl or cyclic N) is 1. The fourth-order valence-corrected chi connectivity index (χ4v) is 3.80. The summed E-state index contributed by atoms with van der Waals surface area (Å²) in [6.07, 6.45) is 7.61. The van der Waals surface area contributed by atoms with Crippen LogP contribution in [0.25, 0.3) is 0 Å². The Kier molecular flexibility index (Phi) is 5.06. The highest BCUT2D eigenvalue weighted by atomic mass is 16.3. The van der Waals surface area contributed by atoms with Gasteiger partial charge in [-0.2, -0.15) is 0 Å². The zero-order valence-electron chi connectivity index (χ0n) is 15.2. The molecular formula is C18H25N7O2. The number of hydrogen-bond donors (Lipinski definition) is 4. The Balaban J connectivity index is 1.31. The van der Waals surface area contributed by atoms with Gasteiger partial charge in [-0.25, -0.2) is 15.8 Å². The van der Waals surface area contributed by atoms with Gasteiger partial charge in [0.05, 0.1) is 24.4 Å². The van der Waals surface area contributed by atoms with Crippen molar-refractivity contribution in [1.82, 2.24) is 30.7 Å². The van der Waals surface area contributed by atoms with Gasteiger partial charge < -0.3 is 19.9 Å². The summed E-state index contributed by atoms with van der Waals surface area (Å²) in [7, 11) is 1.99. The van der Waals surface area contributed by atoms with Crippen molar-refractivity contribution in [3.05, 3.63) is 42.6 Å². The summed E-state index contributed by atoms with van der Waals surface area (Å²) in [5.41, 5.74) is 7.40. The van der Waals surface area contributed by atoms with Crippen molar-refractivity contribution in [1.29, 1.82) is 0 Å². The van der Waals surface area contributed by atoms with E-state index in [0.29, 0.717) is 25.9 Å².